The van der Waals surface area contributed by atoms with Gasteiger partial charge in [0.25, 0.3) is 0 Å². The van der Waals surface area contributed by atoms with Crippen molar-refractivity contribution in [2.45, 2.75) is 25.7 Å². The maximum absolute atomic E-state index is 11.7. The fraction of sp³-hybridized carbons (Fsp3) is 0.583. The molecule has 0 N–H and O–H groups in total. The number of allylic oxidation sites excluding steroid dienone is 1. The number of hydrogen-bond donors (Lipinski definition) is 0. The molecule has 0 aromatic rings. The van der Waals surface area contributed by atoms with Gasteiger partial charge in [0, 0.05) is 25.1 Å². The highest BCUT2D eigenvalue weighted by molar-refractivity contribution is 5.95. The second-order valence-corrected chi connectivity index (χ2v) is 3.86. The minimum Gasteiger partial charge on any atom is -0.302 e. The van der Waals surface area contributed by atoms with Gasteiger partial charge in [-0.05, 0) is 26.3 Å². The summed E-state index contributed by atoms with van der Waals surface area (Å²) in [6, 6.07) is 0. The normalized spacial score (nSPS) is 17.6. The van der Waals surface area contributed by atoms with Crippen molar-refractivity contribution in [2.75, 3.05) is 20.1 Å². The first-order chi connectivity index (χ1) is 6.74. The summed E-state index contributed by atoms with van der Waals surface area (Å²) in [5, 5.41) is 0. The van der Waals surface area contributed by atoms with Crippen LogP contribution in [0.3, 0.4) is 0 Å². The zero-order chi connectivity index (χ0) is 10.4. The maximum atomic E-state index is 11.7. The van der Waals surface area contributed by atoms with Gasteiger partial charge in [-0.1, -0.05) is 12.2 Å². The second-order valence-electron chi connectivity index (χ2n) is 3.86. The molecule has 1 aliphatic rings. The number of likely N-dealkylation sites (N-methyl/N-ethyl adjacent to an activating group) is 1. The van der Waals surface area contributed by atoms with E-state index in [4.69, 9.17) is 0 Å². The number of unbranched alkanes of at least 4 members (excludes halogenated alkanes) is 1. The van der Waals surface area contributed by atoms with Gasteiger partial charge in [-0.15, -0.1) is 6.58 Å². The number of ketones is 1. The third-order valence-corrected chi connectivity index (χ3v) is 2.51. The third kappa shape index (κ3) is 3.46. The lowest BCUT2D eigenvalue weighted by molar-refractivity contribution is -0.116. The zero-order valence-corrected chi connectivity index (χ0v) is 8.96. The van der Waals surface area contributed by atoms with Crippen LogP contribution in [0.25, 0.3) is 0 Å². The van der Waals surface area contributed by atoms with E-state index in [1.165, 1.54) is 0 Å². The molecule has 0 radical (unpaired) electrons. The highest BCUT2D eigenvalue weighted by Gasteiger charge is 2.14. The number of Topliss-reactive ketones (excluding diaryl/α,β-unsaturated/α-hetero) is 1. The molecular weight excluding hydrogens is 174 g/mol. The molecule has 0 spiro atoms. The lowest BCUT2D eigenvalue weighted by Crippen LogP contribution is -2.28. The number of hydrogen-bond acceptors (Lipinski definition) is 2. The average Bonchev–Trinajstić information content (AvgIpc) is 2.18. The van der Waals surface area contributed by atoms with Crippen molar-refractivity contribution in [1.29, 1.82) is 0 Å². The number of carbonyl (C=O) groups is 1. The third-order valence-electron chi connectivity index (χ3n) is 2.51. The van der Waals surface area contributed by atoms with Crippen LogP contribution >= 0.6 is 0 Å². The minimum absolute atomic E-state index is 0.318. The molecule has 0 atom stereocenters. The molecule has 14 heavy (non-hydrogen) atoms. The van der Waals surface area contributed by atoms with Gasteiger partial charge in [0.15, 0.2) is 5.78 Å². The second kappa shape index (κ2) is 5.76. The summed E-state index contributed by atoms with van der Waals surface area (Å²) in [6.07, 6.45) is 7.52. The predicted octanol–water partition coefficient (Wildman–Crippen LogP) is 2.17. The fourth-order valence-electron chi connectivity index (χ4n) is 1.66. The fourth-order valence-corrected chi connectivity index (χ4v) is 1.66. The predicted molar refractivity (Wildman–Crippen MR) is 59.3 cm³/mol. The van der Waals surface area contributed by atoms with E-state index in [0.29, 0.717) is 12.2 Å². The highest BCUT2D eigenvalue weighted by atomic mass is 16.1. The minimum atomic E-state index is 0.318. The van der Waals surface area contributed by atoms with Crippen molar-refractivity contribution in [3.8, 4) is 0 Å². The Morgan fingerprint density at radius 1 is 1.71 bits per heavy atom. The Labute approximate surface area is 86.3 Å². The Bertz CT molecular complexity index is 243. The van der Waals surface area contributed by atoms with Crippen LogP contribution in [0.1, 0.15) is 25.7 Å². The molecule has 78 valence electrons. The monoisotopic (exact) mass is 193 g/mol. The summed E-state index contributed by atoms with van der Waals surface area (Å²) in [4.78, 5) is 13.9. The summed E-state index contributed by atoms with van der Waals surface area (Å²) in [5.41, 5.74) is 1.00. The molecule has 0 unspecified atom stereocenters. The van der Waals surface area contributed by atoms with Crippen molar-refractivity contribution < 1.29 is 4.79 Å². The van der Waals surface area contributed by atoms with Crippen LogP contribution in [0.5, 0.6) is 0 Å². The van der Waals surface area contributed by atoms with Crippen LogP contribution < -0.4 is 0 Å². The first-order valence-electron chi connectivity index (χ1n) is 5.25. The van der Waals surface area contributed by atoms with E-state index in [9.17, 15) is 4.79 Å². The van der Waals surface area contributed by atoms with Crippen LogP contribution in [0.2, 0.25) is 0 Å². The van der Waals surface area contributed by atoms with Gasteiger partial charge >= 0.3 is 0 Å². The molecule has 0 saturated carbocycles. The smallest absolute Gasteiger partial charge is 0.159 e. The summed E-state index contributed by atoms with van der Waals surface area (Å²) in [7, 11) is 2.06. The summed E-state index contributed by atoms with van der Waals surface area (Å²) >= 11 is 0. The van der Waals surface area contributed by atoms with Gasteiger partial charge in [0.1, 0.15) is 0 Å². The maximum Gasteiger partial charge on any atom is 0.159 e. The van der Waals surface area contributed by atoms with E-state index in [0.717, 1.165) is 37.9 Å². The van der Waals surface area contributed by atoms with Crippen molar-refractivity contribution in [2.24, 2.45) is 0 Å². The molecular formula is C12H19NO. The van der Waals surface area contributed by atoms with E-state index >= 15 is 0 Å². The van der Waals surface area contributed by atoms with E-state index in [1.807, 2.05) is 6.08 Å². The van der Waals surface area contributed by atoms with Gasteiger partial charge in [0.05, 0.1) is 0 Å². The van der Waals surface area contributed by atoms with Gasteiger partial charge in [0.2, 0.25) is 0 Å². The van der Waals surface area contributed by atoms with E-state index in [2.05, 4.69) is 24.6 Å². The van der Waals surface area contributed by atoms with Crippen LogP contribution in [0.15, 0.2) is 24.3 Å². The van der Waals surface area contributed by atoms with Crippen LogP contribution in [0.4, 0.5) is 0 Å². The lowest BCUT2D eigenvalue weighted by Gasteiger charge is -2.21. The standard InChI is InChI=1S/C12H19NO/c1-3-4-5-8-12(14)11-7-6-9-13(2)10-11/h3,7H,1,4-6,8-10H2,2H3. The Hall–Kier alpha value is -0.890. The molecule has 2 nitrogen and oxygen atoms in total. The quantitative estimate of drug-likeness (QED) is 0.492. The highest BCUT2D eigenvalue weighted by Crippen LogP contribution is 2.12. The topological polar surface area (TPSA) is 20.3 Å². The Morgan fingerprint density at radius 2 is 2.50 bits per heavy atom. The molecule has 1 heterocycles. The van der Waals surface area contributed by atoms with Crippen molar-refractivity contribution in [1.82, 2.24) is 4.90 Å². The Morgan fingerprint density at radius 3 is 3.14 bits per heavy atom. The molecule has 2 heteroatoms. The van der Waals surface area contributed by atoms with Gasteiger partial charge in [-0.25, -0.2) is 0 Å². The molecule has 0 aromatic carbocycles. The number of carbonyl (C=O) groups excluding carboxylic acids is 1. The van der Waals surface area contributed by atoms with Crippen LogP contribution in [0, 0.1) is 0 Å². The van der Waals surface area contributed by atoms with Crippen LogP contribution in [-0.2, 0) is 4.79 Å². The van der Waals surface area contributed by atoms with Gasteiger partial charge < -0.3 is 4.90 Å². The average molecular weight is 193 g/mol. The summed E-state index contributed by atoms with van der Waals surface area (Å²) in [6.45, 7) is 5.55. The zero-order valence-electron chi connectivity index (χ0n) is 8.96. The largest absolute Gasteiger partial charge is 0.302 e. The molecule has 0 fully saturated rings. The van der Waals surface area contributed by atoms with E-state index in [-0.39, 0.29) is 0 Å². The number of rotatable bonds is 5. The van der Waals surface area contributed by atoms with Gasteiger partial charge in [-0.2, -0.15) is 0 Å². The first-order valence-corrected chi connectivity index (χ1v) is 5.25. The SMILES string of the molecule is C=CCCCC(=O)C1=CCCN(C)C1. The van der Waals surface area contributed by atoms with Crippen molar-refractivity contribution in [3.05, 3.63) is 24.3 Å². The molecule has 0 aliphatic carbocycles. The molecule has 0 aromatic heterocycles. The Kier molecular flexibility index (Phi) is 4.60. The van der Waals surface area contributed by atoms with E-state index < -0.39 is 0 Å². The lowest BCUT2D eigenvalue weighted by atomic mass is 10.0. The van der Waals surface area contributed by atoms with Crippen LogP contribution in [-0.4, -0.2) is 30.8 Å². The molecule has 0 bridgehead atoms. The summed E-state index contributed by atoms with van der Waals surface area (Å²) < 4.78 is 0. The molecule has 1 aliphatic heterocycles. The van der Waals surface area contributed by atoms with Gasteiger partial charge in [-0.3, -0.25) is 4.79 Å². The molecule has 1 rings (SSSR count). The molecule has 0 amide bonds. The Balaban J connectivity index is 2.36. The summed E-state index contributed by atoms with van der Waals surface area (Å²) in [5.74, 6) is 0.318. The molecule has 0 saturated heterocycles. The van der Waals surface area contributed by atoms with Crippen molar-refractivity contribution in [3.63, 3.8) is 0 Å². The van der Waals surface area contributed by atoms with Crippen molar-refractivity contribution >= 4 is 5.78 Å². The number of nitrogens with zero attached hydrogens (tertiary/aromatic N) is 1. The van der Waals surface area contributed by atoms with E-state index in [1.54, 1.807) is 0 Å². The first kappa shape index (κ1) is 11.2.